The molecule has 1 amide bonds. The molecule has 1 aliphatic rings. The first-order valence-electron chi connectivity index (χ1n) is 7.81. The van der Waals surface area contributed by atoms with Gasteiger partial charge in [0.1, 0.15) is 13.2 Å². The highest BCUT2D eigenvalue weighted by Crippen LogP contribution is 2.38. The van der Waals surface area contributed by atoms with Crippen LogP contribution in [0.25, 0.3) is 6.08 Å². The number of benzene rings is 2. The Morgan fingerprint density at radius 3 is 2.79 bits per heavy atom. The average Bonchev–Trinajstić information content (AvgIpc) is 2.61. The second kappa shape index (κ2) is 7.88. The summed E-state index contributed by atoms with van der Waals surface area (Å²) in [6.07, 6.45) is 4.00. The van der Waals surface area contributed by atoms with Crippen molar-refractivity contribution in [2.24, 2.45) is 0 Å². The number of carbonyl (C=O) groups excluding carboxylic acids is 1. The number of fused-ring (bicyclic) bond motifs is 1. The van der Waals surface area contributed by atoms with Gasteiger partial charge in [-0.2, -0.15) is 0 Å². The minimum atomic E-state index is -0.142. The predicted molar refractivity (Wildman–Crippen MR) is 94.6 cm³/mol. The lowest BCUT2D eigenvalue weighted by Crippen LogP contribution is -2.23. The number of hydrogen-bond acceptors (Lipinski definition) is 3. The smallest absolute Gasteiger partial charge is 0.244 e. The first-order valence-corrected chi connectivity index (χ1v) is 8.19. The molecular weight excluding hydrogens is 326 g/mol. The molecular formula is C19H18ClNO3. The number of nitrogens with one attached hydrogen (secondary N) is 1. The van der Waals surface area contributed by atoms with Gasteiger partial charge >= 0.3 is 0 Å². The first kappa shape index (κ1) is 16.4. The van der Waals surface area contributed by atoms with Gasteiger partial charge in [0.25, 0.3) is 0 Å². The molecule has 0 aromatic heterocycles. The van der Waals surface area contributed by atoms with Gasteiger partial charge < -0.3 is 14.8 Å². The van der Waals surface area contributed by atoms with Crippen molar-refractivity contribution in [1.82, 2.24) is 5.32 Å². The largest absolute Gasteiger partial charge is 0.486 e. The second-order valence-corrected chi connectivity index (χ2v) is 5.79. The molecule has 0 saturated heterocycles. The van der Waals surface area contributed by atoms with Crippen LogP contribution in [0.4, 0.5) is 0 Å². The van der Waals surface area contributed by atoms with Gasteiger partial charge in [-0.1, -0.05) is 41.9 Å². The Kier molecular flexibility index (Phi) is 5.39. The lowest BCUT2D eigenvalue weighted by atomic mass is 10.1. The molecule has 0 fully saturated rings. The lowest BCUT2D eigenvalue weighted by molar-refractivity contribution is -0.116. The molecule has 4 nitrogen and oxygen atoms in total. The molecule has 0 atom stereocenters. The Balaban J connectivity index is 1.55. The molecule has 3 rings (SSSR count). The molecule has 2 aromatic carbocycles. The van der Waals surface area contributed by atoms with Crippen LogP contribution in [-0.2, 0) is 11.2 Å². The zero-order valence-electron chi connectivity index (χ0n) is 13.1. The fraction of sp³-hybridized carbons (Fsp3) is 0.211. The average molecular weight is 344 g/mol. The summed E-state index contributed by atoms with van der Waals surface area (Å²) >= 11 is 6.17. The highest BCUT2D eigenvalue weighted by molar-refractivity contribution is 6.32. The zero-order valence-corrected chi connectivity index (χ0v) is 13.9. The molecule has 0 saturated carbocycles. The number of amides is 1. The second-order valence-electron chi connectivity index (χ2n) is 5.39. The van der Waals surface area contributed by atoms with Crippen molar-refractivity contribution in [3.05, 3.63) is 64.7 Å². The van der Waals surface area contributed by atoms with E-state index in [0.29, 0.717) is 36.3 Å². The summed E-state index contributed by atoms with van der Waals surface area (Å²) in [5, 5.41) is 3.35. The SMILES string of the molecule is O=C(/C=C/c1cc(Cl)c2c(c1)OCCO2)NCCc1ccccc1. The van der Waals surface area contributed by atoms with E-state index in [1.165, 1.54) is 11.6 Å². The third-order valence-corrected chi connectivity index (χ3v) is 3.88. The van der Waals surface area contributed by atoms with Crippen molar-refractivity contribution in [2.75, 3.05) is 19.8 Å². The van der Waals surface area contributed by atoms with Crippen LogP contribution in [0.15, 0.2) is 48.5 Å². The van der Waals surface area contributed by atoms with Gasteiger partial charge in [-0.3, -0.25) is 4.79 Å². The number of halogens is 1. The Bertz CT molecular complexity index is 744. The summed E-state index contributed by atoms with van der Waals surface area (Å²) in [6.45, 7) is 1.58. The van der Waals surface area contributed by atoms with E-state index in [0.717, 1.165) is 12.0 Å². The van der Waals surface area contributed by atoms with Crippen LogP contribution in [0, 0.1) is 0 Å². The monoisotopic (exact) mass is 343 g/mol. The molecule has 1 heterocycles. The fourth-order valence-corrected chi connectivity index (χ4v) is 2.71. The van der Waals surface area contributed by atoms with Gasteiger partial charge in [0.2, 0.25) is 5.91 Å². The van der Waals surface area contributed by atoms with Crippen LogP contribution in [0.1, 0.15) is 11.1 Å². The van der Waals surface area contributed by atoms with Crippen molar-refractivity contribution in [3.8, 4) is 11.5 Å². The van der Waals surface area contributed by atoms with Crippen LogP contribution in [0.5, 0.6) is 11.5 Å². The van der Waals surface area contributed by atoms with E-state index in [-0.39, 0.29) is 5.91 Å². The van der Waals surface area contributed by atoms with E-state index in [1.807, 2.05) is 36.4 Å². The number of ether oxygens (including phenoxy) is 2. The summed E-state index contributed by atoms with van der Waals surface area (Å²) in [4.78, 5) is 11.9. The topological polar surface area (TPSA) is 47.6 Å². The molecule has 1 N–H and O–H groups in total. The standard InChI is InChI=1S/C19H18ClNO3/c20-16-12-15(13-17-19(16)24-11-10-23-17)6-7-18(22)21-9-8-14-4-2-1-3-5-14/h1-7,12-13H,8-11H2,(H,21,22)/b7-6+. The molecule has 24 heavy (non-hydrogen) atoms. The number of carbonyl (C=O) groups is 1. The molecule has 0 spiro atoms. The van der Waals surface area contributed by atoms with Crippen molar-refractivity contribution < 1.29 is 14.3 Å². The Morgan fingerprint density at radius 1 is 1.17 bits per heavy atom. The maximum Gasteiger partial charge on any atom is 0.244 e. The predicted octanol–water partition coefficient (Wildman–Crippen LogP) is 3.48. The molecule has 0 unspecified atom stereocenters. The normalized spacial score (nSPS) is 13.0. The van der Waals surface area contributed by atoms with Crippen LogP contribution in [0.2, 0.25) is 5.02 Å². The van der Waals surface area contributed by atoms with Gasteiger partial charge in [-0.15, -0.1) is 0 Å². The zero-order chi connectivity index (χ0) is 16.8. The third-order valence-electron chi connectivity index (χ3n) is 3.60. The van der Waals surface area contributed by atoms with Crippen molar-refractivity contribution in [3.63, 3.8) is 0 Å². The van der Waals surface area contributed by atoms with Crippen LogP contribution in [0.3, 0.4) is 0 Å². The van der Waals surface area contributed by atoms with E-state index >= 15 is 0 Å². The summed E-state index contributed by atoms with van der Waals surface area (Å²) in [5.41, 5.74) is 1.99. The molecule has 0 radical (unpaired) electrons. The van der Waals surface area contributed by atoms with E-state index in [9.17, 15) is 4.79 Å². The van der Waals surface area contributed by atoms with Crippen molar-refractivity contribution in [1.29, 1.82) is 0 Å². The summed E-state index contributed by atoms with van der Waals surface area (Å²) in [7, 11) is 0. The fourth-order valence-electron chi connectivity index (χ4n) is 2.43. The van der Waals surface area contributed by atoms with E-state index in [1.54, 1.807) is 12.1 Å². The minimum absolute atomic E-state index is 0.142. The Labute approximate surface area is 146 Å². The Morgan fingerprint density at radius 2 is 1.96 bits per heavy atom. The third kappa shape index (κ3) is 4.30. The number of hydrogen-bond donors (Lipinski definition) is 1. The summed E-state index contributed by atoms with van der Waals surface area (Å²) in [5.74, 6) is 1.03. The van der Waals surface area contributed by atoms with Gasteiger partial charge in [0.05, 0.1) is 5.02 Å². The van der Waals surface area contributed by atoms with E-state index in [2.05, 4.69) is 5.32 Å². The molecule has 5 heteroatoms. The van der Waals surface area contributed by atoms with Crippen molar-refractivity contribution in [2.45, 2.75) is 6.42 Å². The van der Waals surface area contributed by atoms with Crippen LogP contribution < -0.4 is 14.8 Å². The number of rotatable bonds is 5. The maximum absolute atomic E-state index is 11.9. The highest BCUT2D eigenvalue weighted by Gasteiger charge is 2.15. The van der Waals surface area contributed by atoms with Gasteiger partial charge in [0, 0.05) is 12.6 Å². The van der Waals surface area contributed by atoms with Crippen LogP contribution >= 0.6 is 11.6 Å². The lowest BCUT2D eigenvalue weighted by Gasteiger charge is -2.19. The molecule has 124 valence electrons. The van der Waals surface area contributed by atoms with Gasteiger partial charge in [0.15, 0.2) is 11.5 Å². The highest BCUT2D eigenvalue weighted by atomic mass is 35.5. The molecule has 0 aliphatic carbocycles. The Hall–Kier alpha value is -2.46. The molecule has 1 aliphatic heterocycles. The molecule has 2 aromatic rings. The minimum Gasteiger partial charge on any atom is -0.486 e. The van der Waals surface area contributed by atoms with Gasteiger partial charge in [-0.25, -0.2) is 0 Å². The van der Waals surface area contributed by atoms with Crippen LogP contribution in [-0.4, -0.2) is 25.7 Å². The van der Waals surface area contributed by atoms with E-state index in [4.69, 9.17) is 21.1 Å². The first-order chi connectivity index (χ1) is 11.7. The van der Waals surface area contributed by atoms with E-state index < -0.39 is 0 Å². The summed E-state index contributed by atoms with van der Waals surface area (Å²) in [6, 6.07) is 13.6. The quantitative estimate of drug-likeness (QED) is 0.845. The summed E-state index contributed by atoms with van der Waals surface area (Å²) < 4.78 is 11.0. The maximum atomic E-state index is 11.9. The van der Waals surface area contributed by atoms with Gasteiger partial charge in [-0.05, 0) is 35.8 Å². The molecule has 0 bridgehead atoms. The van der Waals surface area contributed by atoms with Crippen molar-refractivity contribution >= 4 is 23.6 Å².